The number of esters is 1. The van der Waals surface area contributed by atoms with E-state index in [4.69, 9.17) is 9.47 Å². The molecule has 0 aromatic carbocycles. The maximum absolute atomic E-state index is 12.1. The molecule has 19 heavy (non-hydrogen) atoms. The van der Waals surface area contributed by atoms with Crippen LogP contribution in [0.15, 0.2) is 0 Å². The van der Waals surface area contributed by atoms with Gasteiger partial charge in [0.05, 0.1) is 19.8 Å². The van der Waals surface area contributed by atoms with E-state index in [-0.39, 0.29) is 18.1 Å². The smallest absolute Gasteiger partial charge is 0.327 e. The molecule has 112 valence electrons. The van der Waals surface area contributed by atoms with Crippen molar-refractivity contribution >= 4 is 5.97 Å². The zero-order valence-electron chi connectivity index (χ0n) is 13.0. The summed E-state index contributed by atoms with van der Waals surface area (Å²) in [6.07, 6.45) is 0.206. The van der Waals surface area contributed by atoms with Gasteiger partial charge < -0.3 is 9.47 Å². The molecule has 3 atom stereocenters. The number of morpholine rings is 1. The minimum Gasteiger partial charge on any atom is -0.468 e. The number of nitrogens with one attached hydrogen (secondary N) is 1. The van der Waals surface area contributed by atoms with E-state index in [1.165, 1.54) is 7.11 Å². The summed E-state index contributed by atoms with van der Waals surface area (Å²) < 4.78 is 10.6. The van der Waals surface area contributed by atoms with Gasteiger partial charge in [-0.25, -0.2) is 0 Å². The van der Waals surface area contributed by atoms with Crippen LogP contribution in [0.4, 0.5) is 0 Å². The van der Waals surface area contributed by atoms with Crippen LogP contribution in [0.2, 0.25) is 0 Å². The van der Waals surface area contributed by atoms with E-state index in [9.17, 15) is 4.79 Å². The molecular weight excluding hydrogens is 244 g/mol. The normalized spacial score (nSPS) is 28.2. The first-order valence-electron chi connectivity index (χ1n) is 7.00. The molecule has 0 amide bonds. The van der Waals surface area contributed by atoms with E-state index in [2.05, 4.69) is 24.1 Å². The SMILES string of the molecule is COC(=O)C(C)(CN1CC(C)OCC1C)NC(C)C. The molecule has 0 aromatic rings. The highest BCUT2D eigenvalue weighted by Crippen LogP contribution is 2.17. The average molecular weight is 272 g/mol. The molecule has 0 spiro atoms. The van der Waals surface area contributed by atoms with Gasteiger partial charge in [-0.15, -0.1) is 0 Å². The summed E-state index contributed by atoms with van der Waals surface area (Å²) in [6.45, 7) is 12.3. The lowest BCUT2D eigenvalue weighted by atomic mass is 9.98. The Labute approximate surface area is 116 Å². The van der Waals surface area contributed by atoms with Crippen LogP contribution < -0.4 is 5.32 Å². The van der Waals surface area contributed by atoms with Crippen molar-refractivity contribution in [2.75, 3.05) is 26.8 Å². The van der Waals surface area contributed by atoms with Gasteiger partial charge in [0.2, 0.25) is 0 Å². The zero-order valence-corrected chi connectivity index (χ0v) is 13.0. The standard InChI is InChI=1S/C14H28N2O3/c1-10(2)15-14(5,13(17)18-6)9-16-7-12(4)19-8-11(16)3/h10-12,15H,7-9H2,1-6H3. The summed E-state index contributed by atoms with van der Waals surface area (Å²) in [4.78, 5) is 14.4. The maximum Gasteiger partial charge on any atom is 0.327 e. The Kier molecular flexibility index (Phi) is 5.77. The van der Waals surface area contributed by atoms with Gasteiger partial charge in [0, 0.05) is 25.2 Å². The van der Waals surface area contributed by atoms with Crippen molar-refractivity contribution in [2.45, 2.75) is 58.3 Å². The number of hydrogen-bond acceptors (Lipinski definition) is 5. The van der Waals surface area contributed by atoms with Gasteiger partial charge >= 0.3 is 5.97 Å². The molecular formula is C14H28N2O3. The maximum atomic E-state index is 12.1. The van der Waals surface area contributed by atoms with E-state index >= 15 is 0 Å². The van der Waals surface area contributed by atoms with Gasteiger partial charge in [0.1, 0.15) is 5.54 Å². The van der Waals surface area contributed by atoms with Crippen LogP contribution in [0, 0.1) is 0 Å². The summed E-state index contributed by atoms with van der Waals surface area (Å²) in [7, 11) is 1.44. The van der Waals surface area contributed by atoms with Crippen LogP contribution in [-0.2, 0) is 14.3 Å². The van der Waals surface area contributed by atoms with Crippen LogP contribution in [0.25, 0.3) is 0 Å². The van der Waals surface area contributed by atoms with E-state index in [0.29, 0.717) is 19.2 Å². The Morgan fingerprint density at radius 3 is 2.68 bits per heavy atom. The van der Waals surface area contributed by atoms with Crippen molar-refractivity contribution in [1.29, 1.82) is 0 Å². The molecule has 1 rings (SSSR count). The number of nitrogens with zero attached hydrogens (tertiary/aromatic N) is 1. The highest BCUT2D eigenvalue weighted by Gasteiger charge is 2.39. The number of methoxy groups -OCH3 is 1. The zero-order chi connectivity index (χ0) is 14.6. The predicted molar refractivity (Wildman–Crippen MR) is 75.1 cm³/mol. The third-order valence-corrected chi connectivity index (χ3v) is 3.50. The first-order chi connectivity index (χ1) is 8.78. The lowest BCUT2D eigenvalue weighted by Crippen LogP contribution is -2.62. The second kappa shape index (κ2) is 6.68. The van der Waals surface area contributed by atoms with E-state index in [1.54, 1.807) is 0 Å². The van der Waals surface area contributed by atoms with E-state index in [0.717, 1.165) is 6.54 Å². The largest absolute Gasteiger partial charge is 0.468 e. The Balaban J connectivity index is 2.78. The molecule has 1 fully saturated rings. The second-order valence-electron chi connectivity index (χ2n) is 6.05. The van der Waals surface area contributed by atoms with Gasteiger partial charge in [0.15, 0.2) is 0 Å². The van der Waals surface area contributed by atoms with Gasteiger partial charge in [0.25, 0.3) is 0 Å². The molecule has 5 nitrogen and oxygen atoms in total. The Bertz CT molecular complexity index is 309. The molecule has 1 heterocycles. The third kappa shape index (κ3) is 4.44. The topological polar surface area (TPSA) is 50.8 Å². The van der Waals surface area contributed by atoms with Crippen molar-refractivity contribution in [3.05, 3.63) is 0 Å². The second-order valence-corrected chi connectivity index (χ2v) is 6.05. The summed E-state index contributed by atoms with van der Waals surface area (Å²) in [5.41, 5.74) is -0.686. The van der Waals surface area contributed by atoms with Crippen LogP contribution in [0.5, 0.6) is 0 Å². The molecule has 1 saturated heterocycles. The van der Waals surface area contributed by atoms with E-state index < -0.39 is 5.54 Å². The Hall–Kier alpha value is -0.650. The first-order valence-corrected chi connectivity index (χ1v) is 7.00. The molecule has 1 N–H and O–H groups in total. The van der Waals surface area contributed by atoms with Crippen molar-refractivity contribution in [3.8, 4) is 0 Å². The fourth-order valence-electron chi connectivity index (χ4n) is 2.63. The van der Waals surface area contributed by atoms with Crippen molar-refractivity contribution < 1.29 is 14.3 Å². The molecule has 0 aliphatic carbocycles. The van der Waals surface area contributed by atoms with Crippen molar-refractivity contribution in [1.82, 2.24) is 10.2 Å². The molecule has 1 aliphatic rings. The lowest BCUT2D eigenvalue weighted by Gasteiger charge is -2.42. The predicted octanol–water partition coefficient (Wildman–Crippen LogP) is 1.03. The lowest BCUT2D eigenvalue weighted by molar-refractivity contribution is -0.150. The fourth-order valence-corrected chi connectivity index (χ4v) is 2.63. The van der Waals surface area contributed by atoms with Crippen molar-refractivity contribution in [2.24, 2.45) is 0 Å². The summed E-state index contributed by atoms with van der Waals surface area (Å²) >= 11 is 0. The Morgan fingerprint density at radius 1 is 1.53 bits per heavy atom. The van der Waals surface area contributed by atoms with Gasteiger partial charge in [-0.2, -0.15) is 0 Å². The minimum atomic E-state index is -0.686. The monoisotopic (exact) mass is 272 g/mol. The number of ether oxygens (including phenoxy) is 2. The van der Waals surface area contributed by atoms with Gasteiger partial charge in [-0.05, 0) is 34.6 Å². The third-order valence-electron chi connectivity index (χ3n) is 3.50. The molecule has 0 bridgehead atoms. The van der Waals surface area contributed by atoms with Crippen molar-refractivity contribution in [3.63, 3.8) is 0 Å². The highest BCUT2D eigenvalue weighted by molar-refractivity contribution is 5.80. The van der Waals surface area contributed by atoms with E-state index in [1.807, 2.05) is 20.8 Å². The molecule has 1 aliphatic heterocycles. The average Bonchev–Trinajstić information content (AvgIpc) is 2.31. The fraction of sp³-hybridized carbons (Fsp3) is 0.929. The molecule has 5 heteroatoms. The quantitative estimate of drug-likeness (QED) is 0.758. The molecule has 0 saturated carbocycles. The molecule has 0 aromatic heterocycles. The van der Waals surface area contributed by atoms with Crippen LogP contribution >= 0.6 is 0 Å². The summed E-state index contributed by atoms with van der Waals surface area (Å²) in [5, 5.41) is 3.33. The van der Waals surface area contributed by atoms with Gasteiger partial charge in [-0.1, -0.05) is 0 Å². The summed E-state index contributed by atoms with van der Waals surface area (Å²) in [5.74, 6) is -0.215. The van der Waals surface area contributed by atoms with Gasteiger partial charge in [-0.3, -0.25) is 15.0 Å². The summed E-state index contributed by atoms with van der Waals surface area (Å²) in [6, 6.07) is 0.534. The number of carbonyl (C=O) groups excluding carboxylic acids is 1. The first kappa shape index (κ1) is 16.4. The minimum absolute atomic E-state index is 0.206. The molecule has 3 unspecified atom stereocenters. The Morgan fingerprint density at radius 2 is 2.16 bits per heavy atom. The number of hydrogen-bond donors (Lipinski definition) is 1. The van der Waals surface area contributed by atoms with Crippen LogP contribution in [0.3, 0.4) is 0 Å². The number of carbonyl (C=O) groups is 1. The molecule has 0 radical (unpaired) electrons. The highest BCUT2D eigenvalue weighted by atomic mass is 16.5. The van der Waals surface area contributed by atoms with Crippen LogP contribution in [-0.4, -0.2) is 61.4 Å². The number of rotatable bonds is 5. The van der Waals surface area contributed by atoms with Crippen LogP contribution in [0.1, 0.15) is 34.6 Å².